The van der Waals surface area contributed by atoms with Gasteiger partial charge in [0.15, 0.2) is 5.16 Å². The van der Waals surface area contributed by atoms with Crippen molar-refractivity contribution < 1.29 is 44.1 Å². The minimum atomic E-state index is -5.35. The van der Waals surface area contributed by atoms with Gasteiger partial charge in [-0.15, -0.1) is 0 Å². The minimum absolute atomic E-state index is 0.978. The van der Waals surface area contributed by atoms with Crippen LogP contribution in [0.1, 0.15) is 19.8 Å². The Labute approximate surface area is 101 Å². The van der Waals surface area contributed by atoms with E-state index in [9.17, 15) is 18.9 Å². The third-order valence-electron chi connectivity index (χ3n) is 2.46. The summed E-state index contributed by atoms with van der Waals surface area (Å²) in [5, 5.41) is 23.1. The molecular weight excluding hydrogens is 271 g/mol. The van der Waals surface area contributed by atoms with Gasteiger partial charge in [-0.25, -0.2) is 0 Å². The Morgan fingerprint density at radius 2 is 1.61 bits per heavy atom. The van der Waals surface area contributed by atoms with E-state index in [-0.39, 0.29) is 0 Å². The summed E-state index contributed by atoms with van der Waals surface area (Å²) >= 11 is 0. The van der Waals surface area contributed by atoms with Crippen LogP contribution in [0.25, 0.3) is 0 Å². The Balaban J connectivity index is 5.63. The third kappa shape index (κ3) is 3.52. The van der Waals surface area contributed by atoms with Crippen LogP contribution < -0.4 is 0 Å². The molecule has 0 heterocycles. The molecular formula is C8H13O9P. The average molecular weight is 284 g/mol. The molecule has 0 aliphatic heterocycles. The highest BCUT2D eigenvalue weighted by Crippen LogP contribution is 2.55. The number of rotatable bonds is 7. The van der Waals surface area contributed by atoms with Crippen LogP contribution in [0.2, 0.25) is 0 Å². The highest BCUT2D eigenvalue weighted by atomic mass is 31.2. The fourth-order valence-electron chi connectivity index (χ4n) is 1.43. The molecule has 0 aromatic carbocycles. The second kappa shape index (κ2) is 5.47. The molecule has 0 amide bonds. The van der Waals surface area contributed by atoms with Crippen LogP contribution in [-0.2, 0) is 18.9 Å². The monoisotopic (exact) mass is 284 g/mol. The van der Waals surface area contributed by atoms with Crippen LogP contribution in [-0.4, -0.2) is 48.2 Å². The van der Waals surface area contributed by atoms with Gasteiger partial charge in [-0.05, 0) is 6.42 Å². The lowest BCUT2D eigenvalue weighted by atomic mass is 9.92. The van der Waals surface area contributed by atoms with Crippen molar-refractivity contribution in [2.45, 2.75) is 24.9 Å². The zero-order valence-electron chi connectivity index (χ0n) is 9.31. The molecule has 2 unspecified atom stereocenters. The van der Waals surface area contributed by atoms with Crippen LogP contribution in [0.3, 0.4) is 0 Å². The van der Waals surface area contributed by atoms with Gasteiger partial charge in [0.25, 0.3) is 0 Å². The number of carboxylic acid groups (broad SMARTS) is 3. The van der Waals surface area contributed by atoms with Crippen LogP contribution in [0.5, 0.6) is 0 Å². The van der Waals surface area contributed by atoms with Gasteiger partial charge in [-0.1, -0.05) is 6.92 Å². The van der Waals surface area contributed by atoms with Gasteiger partial charge in [-0.2, -0.15) is 0 Å². The van der Waals surface area contributed by atoms with Crippen molar-refractivity contribution in [2.75, 3.05) is 0 Å². The lowest BCUT2D eigenvalue weighted by Gasteiger charge is -2.29. The molecule has 0 aromatic rings. The minimum Gasteiger partial charge on any atom is -0.481 e. The van der Waals surface area contributed by atoms with E-state index in [4.69, 9.17) is 25.1 Å². The van der Waals surface area contributed by atoms with Gasteiger partial charge < -0.3 is 25.1 Å². The molecule has 0 fully saturated rings. The summed E-state index contributed by atoms with van der Waals surface area (Å²) in [5.74, 6) is -6.66. The standard InChI is InChI=1S/C8H13O9P/c1-4(6(11)12)2-8(7(13)14,3-5(9)10)18(15,16)17/h4H,2-3H2,1H3,(H,9,10)(H,11,12)(H,13,14)(H2,15,16,17). The van der Waals surface area contributed by atoms with Crippen molar-refractivity contribution in [3.63, 3.8) is 0 Å². The van der Waals surface area contributed by atoms with E-state index in [1.54, 1.807) is 0 Å². The Hall–Kier alpha value is -1.44. The van der Waals surface area contributed by atoms with E-state index in [2.05, 4.69) is 0 Å². The molecule has 0 saturated heterocycles. The predicted octanol–water partition coefficient (Wildman–Crippen LogP) is -0.427. The summed E-state index contributed by atoms with van der Waals surface area (Å²) in [6.07, 6.45) is -2.33. The molecule has 18 heavy (non-hydrogen) atoms. The Bertz CT molecular complexity index is 411. The fourth-order valence-corrected chi connectivity index (χ4v) is 2.53. The normalized spacial score (nSPS) is 16.6. The molecule has 0 aliphatic carbocycles. The first-order valence-electron chi connectivity index (χ1n) is 4.67. The Kier molecular flexibility index (Phi) is 5.03. The van der Waals surface area contributed by atoms with Crippen molar-refractivity contribution >= 4 is 25.5 Å². The molecule has 0 aliphatic rings. The summed E-state index contributed by atoms with van der Waals surface area (Å²) in [4.78, 5) is 50.3. The van der Waals surface area contributed by atoms with Crippen LogP contribution in [0.15, 0.2) is 0 Å². The van der Waals surface area contributed by atoms with Gasteiger partial charge in [-0.3, -0.25) is 18.9 Å². The third-order valence-corrected chi connectivity index (χ3v) is 4.11. The van der Waals surface area contributed by atoms with E-state index in [0.29, 0.717) is 0 Å². The van der Waals surface area contributed by atoms with Crippen molar-refractivity contribution in [3.05, 3.63) is 0 Å². The van der Waals surface area contributed by atoms with E-state index in [0.717, 1.165) is 6.92 Å². The van der Waals surface area contributed by atoms with Gasteiger partial charge in [0.1, 0.15) is 0 Å². The van der Waals surface area contributed by atoms with Crippen molar-refractivity contribution in [1.82, 2.24) is 0 Å². The zero-order chi connectivity index (χ0) is 14.7. The fraction of sp³-hybridized carbons (Fsp3) is 0.625. The molecule has 2 atom stereocenters. The first-order chi connectivity index (χ1) is 7.94. The first kappa shape index (κ1) is 16.6. The molecule has 5 N–H and O–H groups in total. The van der Waals surface area contributed by atoms with Crippen LogP contribution >= 0.6 is 7.60 Å². The lowest BCUT2D eigenvalue weighted by molar-refractivity contribution is -0.149. The summed E-state index contributed by atoms with van der Waals surface area (Å²) in [7, 11) is -5.35. The van der Waals surface area contributed by atoms with E-state index in [1.165, 1.54) is 0 Å². The van der Waals surface area contributed by atoms with E-state index < -0.39 is 49.4 Å². The van der Waals surface area contributed by atoms with Gasteiger partial charge in [0.2, 0.25) is 0 Å². The molecule has 0 bridgehead atoms. The van der Waals surface area contributed by atoms with Crippen molar-refractivity contribution in [2.24, 2.45) is 5.92 Å². The quantitative estimate of drug-likeness (QED) is 0.389. The Morgan fingerprint density at radius 3 is 1.83 bits per heavy atom. The zero-order valence-corrected chi connectivity index (χ0v) is 10.2. The van der Waals surface area contributed by atoms with Gasteiger partial charge in [0, 0.05) is 0 Å². The van der Waals surface area contributed by atoms with Gasteiger partial charge in [0.05, 0.1) is 12.3 Å². The summed E-state index contributed by atoms with van der Waals surface area (Å²) < 4.78 is 11.2. The largest absolute Gasteiger partial charge is 0.481 e. The molecule has 0 saturated carbocycles. The summed E-state index contributed by atoms with van der Waals surface area (Å²) in [5.41, 5.74) is 0. The van der Waals surface area contributed by atoms with Gasteiger partial charge >= 0.3 is 25.5 Å². The van der Waals surface area contributed by atoms with Crippen LogP contribution in [0.4, 0.5) is 0 Å². The molecule has 104 valence electrons. The molecule has 10 heteroatoms. The predicted molar refractivity (Wildman–Crippen MR) is 56.1 cm³/mol. The number of aliphatic carboxylic acids is 3. The van der Waals surface area contributed by atoms with E-state index in [1.807, 2.05) is 0 Å². The highest BCUT2D eigenvalue weighted by Gasteiger charge is 2.56. The molecule has 9 nitrogen and oxygen atoms in total. The highest BCUT2D eigenvalue weighted by molar-refractivity contribution is 7.54. The SMILES string of the molecule is CC(CC(CC(=O)O)(C(=O)O)P(=O)(O)O)C(=O)O. The topological polar surface area (TPSA) is 169 Å². The summed E-state index contributed by atoms with van der Waals surface area (Å²) in [6, 6.07) is 0. The van der Waals surface area contributed by atoms with Crippen LogP contribution in [0, 0.1) is 5.92 Å². The maximum Gasteiger partial charge on any atom is 0.343 e. The Morgan fingerprint density at radius 1 is 1.17 bits per heavy atom. The lowest BCUT2D eigenvalue weighted by Crippen LogP contribution is -2.43. The summed E-state index contributed by atoms with van der Waals surface area (Å²) in [6.45, 7) is 1.04. The second-order valence-electron chi connectivity index (χ2n) is 3.89. The smallest absolute Gasteiger partial charge is 0.343 e. The molecule has 0 rings (SSSR count). The van der Waals surface area contributed by atoms with E-state index >= 15 is 0 Å². The second-order valence-corrected chi connectivity index (χ2v) is 5.84. The molecule has 0 aromatic heterocycles. The number of hydrogen-bond donors (Lipinski definition) is 5. The first-order valence-corrected chi connectivity index (χ1v) is 6.29. The average Bonchev–Trinajstić information content (AvgIpc) is 2.13. The number of carbonyl (C=O) groups is 3. The number of carboxylic acids is 3. The maximum absolute atomic E-state index is 11.2. The molecule has 0 spiro atoms. The van der Waals surface area contributed by atoms with Crippen molar-refractivity contribution in [3.8, 4) is 0 Å². The maximum atomic E-state index is 11.2. The number of hydrogen-bond acceptors (Lipinski definition) is 4. The molecule has 0 radical (unpaired) electrons. The van der Waals surface area contributed by atoms with Crippen molar-refractivity contribution in [1.29, 1.82) is 0 Å².